The molecule has 0 unspecified atom stereocenters. The van der Waals surface area contributed by atoms with Crippen LogP contribution in [-0.2, 0) is 0 Å². The molecule has 1 aromatic heterocycles. The number of nitrogens with zero attached hydrogens (tertiary/aromatic N) is 2. The molecule has 0 spiro atoms. The molecule has 6 heteroatoms. The molecule has 5 nitrogen and oxygen atoms in total. The number of hydrogen-bond donors (Lipinski definition) is 2. The van der Waals surface area contributed by atoms with Gasteiger partial charge in [-0.3, -0.25) is 4.79 Å². The first-order valence-corrected chi connectivity index (χ1v) is 9.03. The van der Waals surface area contributed by atoms with Crippen molar-refractivity contribution < 1.29 is 4.79 Å². The van der Waals surface area contributed by atoms with Crippen LogP contribution in [0.1, 0.15) is 68.1 Å². The van der Waals surface area contributed by atoms with Crippen molar-refractivity contribution in [3.05, 3.63) is 47.3 Å². The Labute approximate surface area is 162 Å². The monoisotopic (exact) mass is 378 g/mol. The predicted octanol–water partition coefficient (Wildman–Crippen LogP) is 3.97. The molecule has 0 bridgehead atoms. The minimum atomic E-state index is -0.361. The van der Waals surface area contributed by atoms with Gasteiger partial charge in [0.15, 0.2) is 0 Å². The highest BCUT2D eigenvalue weighted by Crippen LogP contribution is 2.23. The second-order valence-corrected chi connectivity index (χ2v) is 7.10. The first-order chi connectivity index (χ1) is 11.8. The summed E-state index contributed by atoms with van der Waals surface area (Å²) < 4.78 is 1.86. The Morgan fingerprint density at radius 3 is 2.31 bits per heavy atom. The molecule has 0 saturated carbocycles. The molecular formula is C20H31ClN4O. The standard InChI is InChI=1S/C20H30N4O.ClH/c1-6-20(21,7-2)13-22-19(25)17-12-23-24(18(17)14(3)4)16-10-8-15(5)9-11-16;/h8-12,14H,6-7,13,21H2,1-5H3,(H,22,25);1H. The zero-order valence-corrected chi connectivity index (χ0v) is 17.2. The normalized spacial score (nSPS) is 11.3. The quantitative estimate of drug-likeness (QED) is 0.765. The van der Waals surface area contributed by atoms with Crippen LogP contribution in [-0.4, -0.2) is 27.8 Å². The molecular weight excluding hydrogens is 348 g/mol. The second kappa shape index (κ2) is 9.19. The van der Waals surface area contributed by atoms with Crippen molar-refractivity contribution in [1.82, 2.24) is 15.1 Å². The van der Waals surface area contributed by atoms with Gasteiger partial charge in [0.25, 0.3) is 5.91 Å². The van der Waals surface area contributed by atoms with Crippen molar-refractivity contribution in [2.24, 2.45) is 5.73 Å². The maximum atomic E-state index is 12.7. The van der Waals surface area contributed by atoms with Crippen molar-refractivity contribution in [2.45, 2.75) is 58.9 Å². The van der Waals surface area contributed by atoms with E-state index in [2.05, 4.69) is 31.2 Å². The SMILES string of the molecule is CCC(N)(CC)CNC(=O)c1cnn(-c2ccc(C)cc2)c1C(C)C.Cl. The van der Waals surface area contributed by atoms with Crippen LogP contribution in [0.25, 0.3) is 5.69 Å². The molecule has 0 aliphatic rings. The molecule has 2 aromatic rings. The van der Waals surface area contributed by atoms with Crippen LogP contribution in [0, 0.1) is 6.92 Å². The number of halogens is 1. The van der Waals surface area contributed by atoms with E-state index < -0.39 is 0 Å². The molecule has 144 valence electrons. The predicted molar refractivity (Wildman–Crippen MR) is 109 cm³/mol. The molecule has 1 aromatic carbocycles. The summed E-state index contributed by atoms with van der Waals surface area (Å²) in [7, 11) is 0. The van der Waals surface area contributed by atoms with E-state index in [1.165, 1.54) is 5.56 Å². The number of nitrogens with two attached hydrogens (primary N) is 1. The smallest absolute Gasteiger partial charge is 0.254 e. The molecule has 0 aliphatic heterocycles. The lowest BCUT2D eigenvalue weighted by Gasteiger charge is -2.26. The van der Waals surface area contributed by atoms with E-state index >= 15 is 0 Å². The molecule has 1 amide bonds. The number of rotatable bonds is 7. The molecule has 0 atom stereocenters. The van der Waals surface area contributed by atoms with Gasteiger partial charge in [-0.2, -0.15) is 5.10 Å². The maximum absolute atomic E-state index is 12.7. The van der Waals surface area contributed by atoms with E-state index in [1.807, 2.05) is 42.8 Å². The van der Waals surface area contributed by atoms with Crippen molar-refractivity contribution in [3.63, 3.8) is 0 Å². The van der Waals surface area contributed by atoms with Gasteiger partial charge in [0.1, 0.15) is 0 Å². The van der Waals surface area contributed by atoms with Gasteiger partial charge in [-0.25, -0.2) is 4.68 Å². The third-order valence-electron chi connectivity index (χ3n) is 4.89. The van der Waals surface area contributed by atoms with Gasteiger partial charge in [-0.1, -0.05) is 45.4 Å². The number of amides is 1. The topological polar surface area (TPSA) is 72.9 Å². The fourth-order valence-electron chi connectivity index (χ4n) is 2.83. The summed E-state index contributed by atoms with van der Waals surface area (Å²) in [6.07, 6.45) is 3.30. The number of hydrogen-bond acceptors (Lipinski definition) is 3. The summed E-state index contributed by atoms with van der Waals surface area (Å²) in [5.41, 5.74) is 9.62. The molecule has 2 rings (SSSR count). The van der Waals surface area contributed by atoms with Crippen LogP contribution in [0.3, 0.4) is 0 Å². The minimum absolute atomic E-state index is 0. The van der Waals surface area contributed by atoms with Crippen LogP contribution in [0.2, 0.25) is 0 Å². The second-order valence-electron chi connectivity index (χ2n) is 7.10. The first kappa shape index (κ1) is 22.2. The molecule has 26 heavy (non-hydrogen) atoms. The molecule has 0 aliphatic carbocycles. The summed E-state index contributed by atoms with van der Waals surface area (Å²) in [6, 6.07) is 8.14. The molecule has 0 fully saturated rings. The van der Waals surface area contributed by atoms with Crippen molar-refractivity contribution in [3.8, 4) is 5.69 Å². The average Bonchev–Trinajstić information content (AvgIpc) is 3.05. The van der Waals surface area contributed by atoms with Crippen LogP contribution < -0.4 is 11.1 Å². The number of carbonyl (C=O) groups is 1. The number of aryl methyl sites for hydroxylation is 1. The number of aromatic nitrogens is 2. The number of nitrogens with one attached hydrogen (secondary N) is 1. The van der Waals surface area contributed by atoms with Gasteiger partial charge in [0.2, 0.25) is 0 Å². The third kappa shape index (κ3) is 4.86. The van der Waals surface area contributed by atoms with Gasteiger partial charge in [-0.05, 0) is 37.8 Å². The maximum Gasteiger partial charge on any atom is 0.254 e. The first-order valence-electron chi connectivity index (χ1n) is 9.03. The van der Waals surface area contributed by atoms with Crippen molar-refractivity contribution >= 4 is 18.3 Å². The van der Waals surface area contributed by atoms with Crippen LogP contribution in [0.15, 0.2) is 30.5 Å². The zero-order valence-electron chi connectivity index (χ0n) is 16.4. The highest BCUT2D eigenvalue weighted by atomic mass is 35.5. The van der Waals surface area contributed by atoms with E-state index in [4.69, 9.17) is 5.73 Å². The Bertz CT molecular complexity index is 718. The lowest BCUT2D eigenvalue weighted by atomic mass is 9.94. The third-order valence-corrected chi connectivity index (χ3v) is 4.89. The average molecular weight is 379 g/mol. The summed E-state index contributed by atoms with van der Waals surface area (Å²) >= 11 is 0. The molecule has 0 radical (unpaired) electrons. The summed E-state index contributed by atoms with van der Waals surface area (Å²) in [6.45, 7) is 10.8. The van der Waals surface area contributed by atoms with Crippen LogP contribution >= 0.6 is 12.4 Å². The molecule has 1 heterocycles. The highest BCUT2D eigenvalue weighted by molar-refractivity contribution is 5.95. The number of benzene rings is 1. The zero-order chi connectivity index (χ0) is 18.6. The minimum Gasteiger partial charge on any atom is -0.350 e. The molecule has 0 saturated heterocycles. The Balaban J connectivity index is 0.00000338. The van der Waals surface area contributed by atoms with E-state index in [1.54, 1.807) is 6.20 Å². The lowest BCUT2D eigenvalue weighted by molar-refractivity contribution is 0.0941. The Kier molecular flexibility index (Phi) is 7.85. The van der Waals surface area contributed by atoms with Gasteiger partial charge >= 0.3 is 0 Å². The Morgan fingerprint density at radius 1 is 1.23 bits per heavy atom. The van der Waals surface area contributed by atoms with Crippen molar-refractivity contribution in [2.75, 3.05) is 6.54 Å². The Morgan fingerprint density at radius 2 is 1.81 bits per heavy atom. The summed E-state index contributed by atoms with van der Waals surface area (Å²) in [4.78, 5) is 12.7. The molecule has 3 N–H and O–H groups in total. The Hall–Kier alpha value is -1.85. The summed E-state index contributed by atoms with van der Waals surface area (Å²) in [5.74, 6) is 0.0586. The highest BCUT2D eigenvalue weighted by Gasteiger charge is 2.24. The van der Waals surface area contributed by atoms with Gasteiger partial charge in [0, 0.05) is 12.1 Å². The van der Waals surface area contributed by atoms with Gasteiger partial charge < -0.3 is 11.1 Å². The largest absolute Gasteiger partial charge is 0.350 e. The fourth-order valence-corrected chi connectivity index (χ4v) is 2.83. The number of carbonyl (C=O) groups excluding carboxylic acids is 1. The lowest BCUT2D eigenvalue weighted by Crippen LogP contribution is -2.49. The van der Waals surface area contributed by atoms with Crippen LogP contribution in [0.5, 0.6) is 0 Å². The van der Waals surface area contributed by atoms with Gasteiger partial charge in [-0.15, -0.1) is 12.4 Å². The van der Waals surface area contributed by atoms with E-state index in [9.17, 15) is 4.79 Å². The summed E-state index contributed by atoms with van der Waals surface area (Å²) in [5, 5.41) is 7.46. The van der Waals surface area contributed by atoms with E-state index in [0.717, 1.165) is 24.2 Å². The van der Waals surface area contributed by atoms with Crippen LogP contribution in [0.4, 0.5) is 0 Å². The van der Waals surface area contributed by atoms with E-state index in [0.29, 0.717) is 12.1 Å². The van der Waals surface area contributed by atoms with E-state index in [-0.39, 0.29) is 29.8 Å². The van der Waals surface area contributed by atoms with Crippen molar-refractivity contribution in [1.29, 1.82) is 0 Å². The fraction of sp³-hybridized carbons (Fsp3) is 0.500. The van der Waals surface area contributed by atoms with Gasteiger partial charge in [0.05, 0.1) is 23.1 Å².